The van der Waals surface area contributed by atoms with E-state index in [0.29, 0.717) is 17.9 Å². The first-order valence-corrected chi connectivity index (χ1v) is 6.89. The lowest BCUT2D eigenvalue weighted by atomic mass is 10.2. The number of hydrogen-bond donors (Lipinski definition) is 1. The first-order valence-electron chi connectivity index (χ1n) is 6.89. The van der Waals surface area contributed by atoms with Gasteiger partial charge in [-0.2, -0.15) is 0 Å². The van der Waals surface area contributed by atoms with Crippen LogP contribution in [0.25, 0.3) is 0 Å². The Balaban J connectivity index is 2.03. The van der Waals surface area contributed by atoms with Crippen molar-refractivity contribution in [2.75, 3.05) is 12.4 Å². The van der Waals surface area contributed by atoms with Crippen LogP contribution < -0.4 is 14.8 Å². The third-order valence-electron chi connectivity index (χ3n) is 3.02. The molecule has 1 atom stereocenters. The fourth-order valence-corrected chi connectivity index (χ4v) is 1.91. The average molecular weight is 285 g/mol. The summed E-state index contributed by atoms with van der Waals surface area (Å²) in [4.78, 5) is 12.2. The van der Waals surface area contributed by atoms with E-state index in [1.807, 2.05) is 49.4 Å². The van der Waals surface area contributed by atoms with Gasteiger partial charge in [0.25, 0.3) is 5.91 Å². The highest BCUT2D eigenvalue weighted by atomic mass is 16.5. The molecule has 0 saturated heterocycles. The fourth-order valence-electron chi connectivity index (χ4n) is 1.91. The Bertz CT molecular complexity index is 584. The van der Waals surface area contributed by atoms with Gasteiger partial charge in [0, 0.05) is 11.8 Å². The normalized spacial score (nSPS) is 11.5. The van der Waals surface area contributed by atoms with Crippen LogP contribution in [0.15, 0.2) is 54.6 Å². The van der Waals surface area contributed by atoms with Crippen LogP contribution in [0.4, 0.5) is 5.69 Å². The van der Waals surface area contributed by atoms with Crippen molar-refractivity contribution < 1.29 is 14.3 Å². The number of methoxy groups -OCH3 is 1. The van der Waals surface area contributed by atoms with Crippen molar-refractivity contribution in [3.8, 4) is 11.5 Å². The molecule has 2 rings (SSSR count). The molecule has 0 saturated carbocycles. The molecule has 0 spiro atoms. The Morgan fingerprint density at radius 2 is 1.81 bits per heavy atom. The number of rotatable bonds is 6. The molecule has 0 radical (unpaired) electrons. The Kier molecular flexibility index (Phi) is 5.21. The Morgan fingerprint density at radius 3 is 2.48 bits per heavy atom. The SMILES string of the molecule is CC[C@H](Oc1cccc(OC)c1)C(=O)Nc1ccccc1. The van der Waals surface area contributed by atoms with Gasteiger partial charge >= 0.3 is 0 Å². The van der Waals surface area contributed by atoms with E-state index in [1.54, 1.807) is 19.2 Å². The second kappa shape index (κ2) is 7.33. The van der Waals surface area contributed by atoms with Crippen molar-refractivity contribution in [2.24, 2.45) is 0 Å². The maximum atomic E-state index is 12.2. The standard InChI is InChI=1S/C17H19NO3/c1-3-16(17(19)18-13-8-5-4-6-9-13)21-15-11-7-10-14(12-15)20-2/h4-12,16H,3H2,1-2H3,(H,18,19)/t16-/m0/s1. The number of para-hydroxylation sites is 1. The third-order valence-corrected chi connectivity index (χ3v) is 3.02. The van der Waals surface area contributed by atoms with Gasteiger partial charge in [-0.3, -0.25) is 4.79 Å². The van der Waals surface area contributed by atoms with Crippen molar-refractivity contribution in [3.05, 3.63) is 54.6 Å². The second-order valence-electron chi connectivity index (χ2n) is 4.55. The molecule has 0 aliphatic carbocycles. The summed E-state index contributed by atoms with van der Waals surface area (Å²) in [6.07, 6.45) is 0.0351. The fraction of sp³-hybridized carbons (Fsp3) is 0.235. The van der Waals surface area contributed by atoms with E-state index in [0.717, 1.165) is 5.69 Å². The van der Waals surface area contributed by atoms with Crippen LogP contribution in [0.3, 0.4) is 0 Å². The molecule has 2 aromatic carbocycles. The quantitative estimate of drug-likeness (QED) is 0.883. The summed E-state index contributed by atoms with van der Waals surface area (Å²) >= 11 is 0. The summed E-state index contributed by atoms with van der Waals surface area (Å²) in [5, 5.41) is 2.85. The number of amides is 1. The van der Waals surface area contributed by atoms with E-state index in [1.165, 1.54) is 0 Å². The third kappa shape index (κ3) is 4.24. The highest BCUT2D eigenvalue weighted by molar-refractivity contribution is 5.94. The number of carbonyl (C=O) groups excluding carboxylic acids is 1. The zero-order valence-electron chi connectivity index (χ0n) is 12.2. The number of ether oxygens (including phenoxy) is 2. The predicted octanol–water partition coefficient (Wildman–Crippen LogP) is 3.49. The van der Waals surface area contributed by atoms with Crippen LogP contribution in [0.2, 0.25) is 0 Å². The molecule has 1 amide bonds. The number of nitrogens with one attached hydrogen (secondary N) is 1. The van der Waals surface area contributed by atoms with E-state index in [-0.39, 0.29) is 5.91 Å². The van der Waals surface area contributed by atoms with Crippen molar-refractivity contribution in [1.29, 1.82) is 0 Å². The number of anilines is 1. The summed E-state index contributed by atoms with van der Waals surface area (Å²) in [5.41, 5.74) is 0.759. The maximum absolute atomic E-state index is 12.2. The molecule has 0 fully saturated rings. The predicted molar refractivity (Wildman–Crippen MR) is 82.8 cm³/mol. The van der Waals surface area contributed by atoms with Crippen LogP contribution >= 0.6 is 0 Å². The molecular formula is C17H19NO3. The molecule has 1 N–H and O–H groups in total. The van der Waals surface area contributed by atoms with Gasteiger partial charge in [-0.05, 0) is 30.7 Å². The molecule has 2 aromatic rings. The van der Waals surface area contributed by atoms with Gasteiger partial charge in [0.15, 0.2) is 6.10 Å². The van der Waals surface area contributed by atoms with Gasteiger partial charge in [-0.15, -0.1) is 0 Å². The van der Waals surface area contributed by atoms with Gasteiger partial charge in [-0.25, -0.2) is 0 Å². The molecule has 0 heterocycles. The molecule has 110 valence electrons. The Hall–Kier alpha value is -2.49. The Morgan fingerprint density at radius 1 is 1.10 bits per heavy atom. The van der Waals surface area contributed by atoms with Crippen LogP contribution in [0.1, 0.15) is 13.3 Å². The molecule has 0 aliphatic rings. The minimum absolute atomic E-state index is 0.161. The van der Waals surface area contributed by atoms with E-state index in [4.69, 9.17) is 9.47 Å². The molecule has 0 aromatic heterocycles. The van der Waals surface area contributed by atoms with Crippen LogP contribution in [-0.2, 0) is 4.79 Å². The van der Waals surface area contributed by atoms with Crippen molar-refractivity contribution in [2.45, 2.75) is 19.4 Å². The zero-order valence-corrected chi connectivity index (χ0v) is 12.2. The van der Waals surface area contributed by atoms with Gasteiger partial charge in [0.2, 0.25) is 0 Å². The number of carbonyl (C=O) groups is 1. The molecule has 0 aliphatic heterocycles. The lowest BCUT2D eigenvalue weighted by molar-refractivity contribution is -0.122. The van der Waals surface area contributed by atoms with E-state index in [9.17, 15) is 4.79 Å². The van der Waals surface area contributed by atoms with Crippen LogP contribution in [0, 0.1) is 0 Å². The zero-order chi connectivity index (χ0) is 15.1. The summed E-state index contributed by atoms with van der Waals surface area (Å²) in [5.74, 6) is 1.15. The Labute approximate surface area is 124 Å². The second-order valence-corrected chi connectivity index (χ2v) is 4.55. The van der Waals surface area contributed by atoms with Gasteiger partial charge in [-0.1, -0.05) is 31.2 Å². The number of hydrogen-bond acceptors (Lipinski definition) is 3. The number of benzene rings is 2. The van der Waals surface area contributed by atoms with Crippen LogP contribution in [0.5, 0.6) is 11.5 Å². The monoisotopic (exact) mass is 285 g/mol. The molecule has 4 heteroatoms. The molecule has 0 unspecified atom stereocenters. The topological polar surface area (TPSA) is 47.6 Å². The van der Waals surface area contributed by atoms with Crippen molar-refractivity contribution in [1.82, 2.24) is 0 Å². The largest absolute Gasteiger partial charge is 0.497 e. The van der Waals surface area contributed by atoms with Crippen LogP contribution in [-0.4, -0.2) is 19.1 Å². The summed E-state index contributed by atoms with van der Waals surface area (Å²) in [6, 6.07) is 16.6. The van der Waals surface area contributed by atoms with E-state index < -0.39 is 6.10 Å². The van der Waals surface area contributed by atoms with Gasteiger partial charge < -0.3 is 14.8 Å². The minimum atomic E-state index is -0.544. The first kappa shape index (κ1) is 14.9. The highest BCUT2D eigenvalue weighted by Crippen LogP contribution is 2.21. The van der Waals surface area contributed by atoms with Gasteiger partial charge in [0.1, 0.15) is 11.5 Å². The molecule has 4 nitrogen and oxygen atoms in total. The molecule has 21 heavy (non-hydrogen) atoms. The maximum Gasteiger partial charge on any atom is 0.265 e. The van der Waals surface area contributed by atoms with Crippen molar-refractivity contribution in [3.63, 3.8) is 0 Å². The lowest BCUT2D eigenvalue weighted by Gasteiger charge is -2.17. The molecular weight excluding hydrogens is 266 g/mol. The minimum Gasteiger partial charge on any atom is -0.497 e. The highest BCUT2D eigenvalue weighted by Gasteiger charge is 2.18. The van der Waals surface area contributed by atoms with E-state index >= 15 is 0 Å². The average Bonchev–Trinajstić information content (AvgIpc) is 2.53. The smallest absolute Gasteiger partial charge is 0.265 e. The summed E-state index contributed by atoms with van der Waals surface area (Å²) in [7, 11) is 1.60. The summed E-state index contributed by atoms with van der Waals surface area (Å²) in [6.45, 7) is 1.91. The summed E-state index contributed by atoms with van der Waals surface area (Å²) < 4.78 is 10.9. The first-order chi connectivity index (χ1) is 10.2. The molecule has 0 bridgehead atoms. The van der Waals surface area contributed by atoms with Crippen molar-refractivity contribution >= 4 is 11.6 Å². The lowest BCUT2D eigenvalue weighted by Crippen LogP contribution is -2.32. The van der Waals surface area contributed by atoms with Gasteiger partial charge in [0.05, 0.1) is 7.11 Å². The van der Waals surface area contributed by atoms with E-state index in [2.05, 4.69) is 5.32 Å².